The number of thiazole rings is 1. The van der Waals surface area contributed by atoms with Crippen LogP contribution in [0.2, 0.25) is 5.02 Å². The van der Waals surface area contributed by atoms with Crippen molar-refractivity contribution in [2.75, 3.05) is 96.9 Å². The zero-order valence-corrected chi connectivity index (χ0v) is 49.1. The van der Waals surface area contributed by atoms with Gasteiger partial charge in [0.2, 0.25) is 23.6 Å². The molecule has 19 nitrogen and oxygen atoms in total. The molecule has 3 fully saturated rings. The lowest BCUT2D eigenvalue weighted by molar-refractivity contribution is -0.144. The maximum Gasteiger partial charge on any atom is 0.319 e. The number of carbonyl (C=O) groups is 4. The van der Waals surface area contributed by atoms with E-state index in [0.29, 0.717) is 68.1 Å². The zero-order valence-electron chi connectivity index (χ0n) is 47.6. The summed E-state index contributed by atoms with van der Waals surface area (Å²) in [4.78, 5) is 75.5. The van der Waals surface area contributed by atoms with Gasteiger partial charge in [-0.15, -0.1) is 11.3 Å². The highest BCUT2D eigenvalue weighted by Gasteiger charge is 2.45. The number of carbonyl (C=O) groups excluding carboxylic acids is 4. The Morgan fingerprint density at radius 3 is 2.35 bits per heavy atom. The third-order valence-electron chi connectivity index (χ3n) is 15.4. The Kier molecular flexibility index (Phi) is 19.9. The number of aliphatic hydroxyl groups is 1. The molecule has 4 aromatic carbocycles. The molecule has 5 heterocycles. The number of β-amino-alcohol motifs (C(OH)–C–C–N with tert-alkyl or cyclic N) is 1. The van der Waals surface area contributed by atoms with Gasteiger partial charge >= 0.3 is 6.01 Å². The van der Waals surface area contributed by atoms with E-state index in [1.54, 1.807) is 28.4 Å². The SMILES string of the molecule is C=CC(=O)N1CCN(c2nc(OCCN3CCC(OCCOCCOCC(=O)N[C@H](C(=O)N4C[C@H](O)C[C@H]4C(=O)N[C@@H](C)c4ccc(-c5scnc5C)cc4)C(C)(C)C)CC3)nc3c(F)c(-c4cc(O)cc5ccccc45)c(Cl)cc23)CC1. The zero-order chi connectivity index (χ0) is 59.0. The molecule has 4 atom stereocenters. The van der Waals surface area contributed by atoms with Gasteiger partial charge in [0, 0.05) is 69.7 Å². The molecule has 4 amide bonds. The van der Waals surface area contributed by atoms with Gasteiger partial charge in [0.15, 0.2) is 5.82 Å². The molecule has 9 rings (SSSR count). The summed E-state index contributed by atoms with van der Waals surface area (Å²) < 4.78 is 40.7. The summed E-state index contributed by atoms with van der Waals surface area (Å²) in [6.45, 7) is 17.7. The number of piperidine rings is 1. The van der Waals surface area contributed by atoms with E-state index in [4.69, 9.17) is 35.5 Å². The minimum atomic E-state index is -0.994. The molecule has 0 aliphatic carbocycles. The average molecular weight is 1180 g/mol. The molecule has 0 spiro atoms. The van der Waals surface area contributed by atoms with Gasteiger partial charge in [-0.3, -0.25) is 24.1 Å². The second-order valence-electron chi connectivity index (χ2n) is 22.3. The van der Waals surface area contributed by atoms with Crippen molar-refractivity contribution in [3.8, 4) is 33.3 Å². The molecule has 22 heteroatoms. The third kappa shape index (κ3) is 14.7. The number of phenols is 1. The van der Waals surface area contributed by atoms with Gasteiger partial charge in [-0.25, -0.2) is 9.37 Å². The number of fused-ring (bicyclic) bond motifs is 2. The number of rotatable bonds is 22. The second kappa shape index (κ2) is 27.2. The van der Waals surface area contributed by atoms with Crippen molar-refractivity contribution in [2.24, 2.45) is 5.41 Å². The first-order valence-corrected chi connectivity index (χ1v) is 29.4. The lowest BCUT2D eigenvalue weighted by Gasteiger charge is -2.35. The highest BCUT2D eigenvalue weighted by atomic mass is 35.5. The Morgan fingerprint density at radius 1 is 0.916 bits per heavy atom. The Morgan fingerprint density at radius 2 is 1.64 bits per heavy atom. The Bertz CT molecular complexity index is 3290. The molecule has 83 heavy (non-hydrogen) atoms. The minimum Gasteiger partial charge on any atom is -0.508 e. The summed E-state index contributed by atoms with van der Waals surface area (Å²) in [5, 5.41) is 29.1. The predicted octanol–water partition coefficient (Wildman–Crippen LogP) is 7.48. The molecule has 3 saturated heterocycles. The van der Waals surface area contributed by atoms with E-state index in [0.717, 1.165) is 53.0 Å². The van der Waals surface area contributed by atoms with Crippen LogP contribution in [-0.4, -0.2) is 180 Å². The van der Waals surface area contributed by atoms with Crippen LogP contribution >= 0.6 is 22.9 Å². The van der Waals surface area contributed by atoms with Crippen LogP contribution in [0.3, 0.4) is 0 Å². The van der Waals surface area contributed by atoms with Crippen LogP contribution in [0, 0.1) is 18.2 Å². The fraction of sp³-hybridized carbons (Fsp3) is 0.459. The van der Waals surface area contributed by atoms with E-state index < -0.39 is 41.2 Å². The fourth-order valence-corrected chi connectivity index (χ4v) is 12.0. The molecular weight excluding hydrogens is 1110 g/mol. The molecule has 3 aliphatic heterocycles. The quantitative estimate of drug-likeness (QED) is 0.0382. The van der Waals surface area contributed by atoms with Crippen LogP contribution in [0.25, 0.3) is 43.2 Å². The molecule has 442 valence electrons. The van der Waals surface area contributed by atoms with E-state index in [-0.39, 0.29) is 91.2 Å². The first-order chi connectivity index (χ1) is 39.9. The molecule has 2 aromatic heterocycles. The first-order valence-electron chi connectivity index (χ1n) is 28.2. The van der Waals surface area contributed by atoms with Gasteiger partial charge in [-0.1, -0.05) is 87.5 Å². The van der Waals surface area contributed by atoms with Crippen molar-refractivity contribution in [1.82, 2.24) is 40.3 Å². The lowest BCUT2D eigenvalue weighted by Crippen LogP contribution is -2.58. The molecule has 0 radical (unpaired) electrons. The maximum absolute atomic E-state index is 17.0. The van der Waals surface area contributed by atoms with Gasteiger partial charge in [0.05, 0.1) is 65.8 Å². The minimum absolute atomic E-state index is 0.00219. The third-order valence-corrected chi connectivity index (χ3v) is 16.7. The molecule has 3 aliphatic rings. The van der Waals surface area contributed by atoms with Crippen molar-refractivity contribution < 1.29 is 52.7 Å². The largest absolute Gasteiger partial charge is 0.508 e. The average Bonchev–Trinajstić information content (AvgIpc) is 3.91. The number of nitrogens with one attached hydrogen (secondary N) is 2. The first kappa shape index (κ1) is 60.7. The molecular formula is C61H73ClFN9O10S. The number of nitrogens with zero attached hydrogens (tertiary/aromatic N) is 7. The van der Waals surface area contributed by atoms with Crippen molar-refractivity contribution in [2.45, 2.75) is 84.2 Å². The van der Waals surface area contributed by atoms with Gasteiger partial charge in [0.1, 0.15) is 42.4 Å². The Balaban J connectivity index is 0.697. The number of hydrogen-bond donors (Lipinski definition) is 4. The Labute approximate surface area is 491 Å². The van der Waals surface area contributed by atoms with Crippen LogP contribution in [0.5, 0.6) is 11.8 Å². The van der Waals surface area contributed by atoms with Crippen LogP contribution in [0.4, 0.5) is 10.2 Å². The van der Waals surface area contributed by atoms with Crippen molar-refractivity contribution in [3.05, 3.63) is 107 Å². The summed E-state index contributed by atoms with van der Waals surface area (Å²) in [7, 11) is 0. The van der Waals surface area contributed by atoms with E-state index in [9.17, 15) is 29.4 Å². The summed E-state index contributed by atoms with van der Waals surface area (Å²) in [6.07, 6.45) is 2.09. The van der Waals surface area contributed by atoms with Gasteiger partial charge < -0.3 is 54.5 Å². The highest BCUT2D eigenvalue weighted by molar-refractivity contribution is 7.13. The number of aryl methyl sites for hydroxylation is 1. The normalized spacial score (nSPS) is 17.9. The van der Waals surface area contributed by atoms with Crippen molar-refractivity contribution >= 4 is 74.1 Å². The number of piperazine rings is 1. The Hall–Kier alpha value is -6.85. The monoisotopic (exact) mass is 1180 g/mol. The molecule has 6 aromatic rings. The summed E-state index contributed by atoms with van der Waals surface area (Å²) in [5.41, 5.74) is 4.50. The fourth-order valence-electron chi connectivity index (χ4n) is 10.9. The van der Waals surface area contributed by atoms with Gasteiger partial charge in [0.25, 0.3) is 0 Å². The standard InChI is InChI=1S/C61H73ClFN9O10S/c1-7-51(76)70-20-22-71(23-21-70)57-47-33-48(62)52(46-31-42(73)30-41-10-8-9-11-45(41)46)53(63)54(47)67-60(68-57)82-25-24-69-18-16-44(17-19-69)81-29-28-79-26-27-80-35-50(75)66-56(61(4,5)6)59(78)72-34-43(74)32-49(72)58(77)65-37(2)39-12-14-40(15-13-39)55-38(3)64-36-83-55/h7-15,30-31,33,36-37,43-44,49,56,73-74H,1,16-29,32,34-35H2,2-6H3,(H,65,77)(H,66,75)/t37-,43+,49-,56+/m0/s1. The van der Waals surface area contributed by atoms with Crippen molar-refractivity contribution in [1.29, 1.82) is 0 Å². The molecule has 0 saturated carbocycles. The number of aromatic nitrogens is 3. The van der Waals surface area contributed by atoms with Crippen LogP contribution < -0.4 is 20.3 Å². The number of phenolic OH excluding ortho intramolecular Hbond substituents is 1. The van der Waals surface area contributed by atoms with Gasteiger partial charge in [-0.05, 0) is 83.8 Å². The number of likely N-dealkylation sites (tertiary alicyclic amines) is 2. The number of ether oxygens (including phenoxy) is 4. The summed E-state index contributed by atoms with van der Waals surface area (Å²) >= 11 is 8.48. The lowest BCUT2D eigenvalue weighted by atomic mass is 9.85. The number of aromatic hydroxyl groups is 1. The van der Waals surface area contributed by atoms with Crippen LogP contribution in [-0.2, 0) is 33.4 Å². The van der Waals surface area contributed by atoms with E-state index in [1.807, 2.05) is 93.6 Å². The number of hydrogen-bond acceptors (Lipinski definition) is 16. The molecule has 0 bridgehead atoms. The maximum atomic E-state index is 17.0. The summed E-state index contributed by atoms with van der Waals surface area (Å²) in [6, 6.07) is 17.7. The van der Waals surface area contributed by atoms with E-state index >= 15 is 4.39 Å². The smallest absolute Gasteiger partial charge is 0.319 e. The topological polar surface area (TPSA) is 221 Å². The van der Waals surface area contributed by atoms with E-state index in [1.165, 1.54) is 17.0 Å². The highest BCUT2D eigenvalue weighted by Crippen LogP contribution is 2.43. The van der Waals surface area contributed by atoms with Crippen LogP contribution in [0.1, 0.15) is 64.3 Å². The number of halogens is 2. The summed E-state index contributed by atoms with van der Waals surface area (Å²) in [5.74, 6) is -1.78. The van der Waals surface area contributed by atoms with Crippen LogP contribution in [0.15, 0.2) is 84.9 Å². The number of benzene rings is 4. The number of aliphatic hydroxyl groups excluding tert-OH is 1. The molecule has 4 N–H and O–H groups in total. The molecule has 0 unspecified atom stereocenters. The number of amides is 4. The predicted molar refractivity (Wildman–Crippen MR) is 317 cm³/mol. The number of anilines is 1. The van der Waals surface area contributed by atoms with Crippen molar-refractivity contribution in [3.63, 3.8) is 0 Å². The van der Waals surface area contributed by atoms with Gasteiger partial charge in [-0.2, -0.15) is 9.97 Å². The van der Waals surface area contributed by atoms with E-state index in [2.05, 4.69) is 32.1 Å². The second-order valence-corrected chi connectivity index (χ2v) is 23.6.